The smallest absolute Gasteiger partial charge is 0.335 e. The van der Waals surface area contributed by atoms with Crippen molar-refractivity contribution in [1.29, 1.82) is 0 Å². The Morgan fingerprint density at radius 1 is 1.40 bits per heavy atom. The number of rotatable bonds is 5. The van der Waals surface area contributed by atoms with E-state index in [1.54, 1.807) is 12.1 Å². The van der Waals surface area contributed by atoms with Crippen LogP contribution in [0.1, 0.15) is 63.0 Å². The van der Waals surface area contributed by atoms with Crippen LogP contribution in [0.15, 0.2) is 12.1 Å². The zero-order valence-corrected chi connectivity index (χ0v) is 12.8. The molecule has 1 aromatic rings. The number of carboxylic acids is 1. The molecule has 2 rings (SSSR count). The van der Waals surface area contributed by atoms with Gasteiger partial charge in [0.2, 0.25) is 0 Å². The lowest BCUT2D eigenvalue weighted by Gasteiger charge is -2.20. The zero-order chi connectivity index (χ0) is 15.0. The van der Waals surface area contributed by atoms with Crippen molar-refractivity contribution in [3.8, 4) is 0 Å². The van der Waals surface area contributed by atoms with Gasteiger partial charge in [0.15, 0.2) is 0 Å². The number of aromatic carboxylic acids is 1. The average Bonchev–Trinajstić information content (AvgIpc) is 3.15. The second-order valence-corrected chi connectivity index (χ2v) is 6.89. The highest BCUT2D eigenvalue weighted by Crippen LogP contribution is 2.48. The summed E-state index contributed by atoms with van der Waals surface area (Å²) < 4.78 is 0. The van der Waals surface area contributed by atoms with Gasteiger partial charge in [-0.2, -0.15) is 0 Å². The average molecular weight is 276 g/mol. The molecular weight excluding hydrogens is 252 g/mol. The monoisotopic (exact) mass is 276 g/mol. The highest BCUT2D eigenvalue weighted by Gasteiger charge is 2.40. The van der Waals surface area contributed by atoms with Gasteiger partial charge < -0.3 is 10.4 Å². The van der Waals surface area contributed by atoms with E-state index in [9.17, 15) is 9.90 Å². The van der Waals surface area contributed by atoms with Gasteiger partial charge in [-0.15, -0.1) is 0 Å². The van der Waals surface area contributed by atoms with Gasteiger partial charge in [-0.25, -0.2) is 9.78 Å². The summed E-state index contributed by atoms with van der Waals surface area (Å²) in [5, 5.41) is 12.6. The van der Waals surface area contributed by atoms with Crippen molar-refractivity contribution in [1.82, 2.24) is 4.98 Å². The van der Waals surface area contributed by atoms with Crippen LogP contribution in [0.4, 0.5) is 5.82 Å². The Hall–Kier alpha value is -1.58. The van der Waals surface area contributed by atoms with Crippen molar-refractivity contribution < 1.29 is 9.90 Å². The molecule has 0 saturated heterocycles. The highest BCUT2D eigenvalue weighted by atomic mass is 16.4. The molecule has 4 nitrogen and oxygen atoms in total. The Kier molecular flexibility index (Phi) is 3.76. The molecule has 1 aromatic heterocycles. The summed E-state index contributed by atoms with van der Waals surface area (Å²) in [5.74, 6) is -0.230. The van der Waals surface area contributed by atoms with E-state index in [2.05, 4.69) is 17.2 Å². The van der Waals surface area contributed by atoms with Crippen LogP contribution in [-0.4, -0.2) is 22.6 Å². The molecule has 1 aliphatic carbocycles. The minimum atomic E-state index is -0.905. The third-order valence-electron chi connectivity index (χ3n) is 4.19. The highest BCUT2D eigenvalue weighted by molar-refractivity contribution is 5.88. The first-order chi connectivity index (χ1) is 9.26. The van der Waals surface area contributed by atoms with Gasteiger partial charge in [0.25, 0.3) is 0 Å². The second kappa shape index (κ2) is 5.08. The van der Waals surface area contributed by atoms with Crippen LogP contribution < -0.4 is 5.32 Å². The van der Waals surface area contributed by atoms with Crippen LogP contribution >= 0.6 is 0 Å². The quantitative estimate of drug-likeness (QED) is 0.861. The van der Waals surface area contributed by atoms with E-state index >= 15 is 0 Å². The van der Waals surface area contributed by atoms with Crippen molar-refractivity contribution in [3.63, 3.8) is 0 Å². The van der Waals surface area contributed by atoms with Crippen molar-refractivity contribution in [2.45, 2.75) is 52.4 Å². The molecule has 20 heavy (non-hydrogen) atoms. The summed E-state index contributed by atoms with van der Waals surface area (Å²) in [7, 11) is 0. The van der Waals surface area contributed by atoms with E-state index in [4.69, 9.17) is 0 Å². The third kappa shape index (κ3) is 3.30. The van der Waals surface area contributed by atoms with E-state index in [1.807, 2.05) is 20.8 Å². The van der Waals surface area contributed by atoms with Crippen LogP contribution in [0.3, 0.4) is 0 Å². The standard InChI is InChI=1S/C16H24N2O2/c1-5-16(6-7-16)10-17-13-9-11(14(19)20)8-12(18-13)15(2,3)4/h8-9H,5-7,10H2,1-4H3,(H,17,18)(H,19,20). The number of carboxylic acid groups (broad SMARTS) is 1. The molecule has 1 aliphatic rings. The molecule has 0 aliphatic heterocycles. The number of hydrogen-bond acceptors (Lipinski definition) is 3. The normalized spacial score (nSPS) is 16.8. The maximum atomic E-state index is 11.2. The van der Waals surface area contributed by atoms with Gasteiger partial charge in [-0.05, 0) is 36.8 Å². The minimum absolute atomic E-state index is 0.163. The number of pyridine rings is 1. The molecule has 1 fully saturated rings. The predicted octanol–water partition coefficient (Wildman–Crippen LogP) is 3.68. The molecule has 0 aromatic carbocycles. The lowest BCUT2D eigenvalue weighted by molar-refractivity contribution is 0.0696. The molecule has 1 heterocycles. The molecule has 0 amide bonds. The Morgan fingerprint density at radius 3 is 2.50 bits per heavy atom. The summed E-state index contributed by atoms with van der Waals surface area (Å²) in [6.45, 7) is 9.21. The first-order valence-corrected chi connectivity index (χ1v) is 7.25. The van der Waals surface area contributed by atoms with Gasteiger partial charge in [0, 0.05) is 17.7 Å². The fourth-order valence-corrected chi connectivity index (χ4v) is 2.24. The fourth-order valence-electron chi connectivity index (χ4n) is 2.24. The van der Waals surface area contributed by atoms with Crippen molar-refractivity contribution in [3.05, 3.63) is 23.4 Å². The molecule has 110 valence electrons. The summed E-state index contributed by atoms with van der Waals surface area (Å²) in [4.78, 5) is 15.8. The molecule has 0 unspecified atom stereocenters. The first kappa shape index (κ1) is 14.8. The van der Waals surface area contributed by atoms with Gasteiger partial charge in [0.1, 0.15) is 5.82 Å². The molecule has 1 saturated carbocycles. The Bertz CT molecular complexity index is 514. The van der Waals surface area contributed by atoms with Crippen molar-refractivity contribution in [2.75, 3.05) is 11.9 Å². The van der Waals surface area contributed by atoms with Gasteiger partial charge in [-0.3, -0.25) is 0 Å². The van der Waals surface area contributed by atoms with Crippen molar-refractivity contribution in [2.24, 2.45) is 5.41 Å². The third-order valence-corrected chi connectivity index (χ3v) is 4.19. The van der Waals surface area contributed by atoms with Crippen LogP contribution in [-0.2, 0) is 5.41 Å². The lowest BCUT2D eigenvalue weighted by atomic mass is 9.90. The first-order valence-electron chi connectivity index (χ1n) is 7.25. The summed E-state index contributed by atoms with van der Waals surface area (Å²) >= 11 is 0. The van der Waals surface area contributed by atoms with Crippen LogP contribution in [0.25, 0.3) is 0 Å². The molecule has 0 radical (unpaired) electrons. The minimum Gasteiger partial charge on any atom is -0.478 e. The largest absolute Gasteiger partial charge is 0.478 e. The zero-order valence-electron chi connectivity index (χ0n) is 12.8. The second-order valence-electron chi connectivity index (χ2n) is 6.89. The van der Waals surface area contributed by atoms with Crippen LogP contribution in [0.5, 0.6) is 0 Å². The topological polar surface area (TPSA) is 62.2 Å². The van der Waals surface area contributed by atoms with E-state index in [0.717, 1.165) is 18.7 Å². The molecular formula is C16H24N2O2. The van der Waals surface area contributed by atoms with E-state index in [1.165, 1.54) is 12.8 Å². The number of nitrogens with zero attached hydrogens (tertiary/aromatic N) is 1. The number of aromatic nitrogens is 1. The number of hydrogen-bond donors (Lipinski definition) is 2. The Labute approximate surface area is 120 Å². The van der Waals surface area contributed by atoms with E-state index in [0.29, 0.717) is 16.8 Å². The number of nitrogens with one attached hydrogen (secondary N) is 1. The molecule has 4 heteroatoms. The summed E-state index contributed by atoms with van der Waals surface area (Å²) in [5.41, 5.74) is 1.35. The maximum absolute atomic E-state index is 11.2. The molecule has 0 atom stereocenters. The number of carbonyl (C=O) groups is 1. The Morgan fingerprint density at radius 2 is 2.05 bits per heavy atom. The van der Waals surface area contributed by atoms with E-state index < -0.39 is 5.97 Å². The molecule has 2 N–H and O–H groups in total. The molecule has 0 bridgehead atoms. The summed E-state index contributed by atoms with van der Waals surface area (Å²) in [6.07, 6.45) is 3.66. The van der Waals surface area contributed by atoms with E-state index in [-0.39, 0.29) is 5.41 Å². The maximum Gasteiger partial charge on any atom is 0.335 e. The number of anilines is 1. The lowest BCUT2D eigenvalue weighted by Crippen LogP contribution is -2.19. The molecule has 0 spiro atoms. The van der Waals surface area contributed by atoms with Gasteiger partial charge >= 0.3 is 5.97 Å². The fraction of sp³-hybridized carbons (Fsp3) is 0.625. The van der Waals surface area contributed by atoms with Gasteiger partial charge in [0.05, 0.1) is 5.56 Å². The predicted molar refractivity (Wildman–Crippen MR) is 80.3 cm³/mol. The van der Waals surface area contributed by atoms with Gasteiger partial charge in [-0.1, -0.05) is 27.7 Å². The van der Waals surface area contributed by atoms with Crippen LogP contribution in [0.2, 0.25) is 0 Å². The Balaban J connectivity index is 2.23. The SMILES string of the molecule is CCC1(CNc2cc(C(=O)O)cc(C(C)(C)C)n2)CC1. The van der Waals surface area contributed by atoms with Crippen LogP contribution in [0, 0.1) is 5.41 Å². The van der Waals surface area contributed by atoms with Crippen molar-refractivity contribution >= 4 is 11.8 Å². The summed E-state index contributed by atoms with van der Waals surface area (Å²) in [6, 6.07) is 3.30.